The van der Waals surface area contributed by atoms with Gasteiger partial charge in [0.15, 0.2) is 17.3 Å². The molecule has 0 saturated carbocycles. The van der Waals surface area contributed by atoms with Gasteiger partial charge in [0.1, 0.15) is 12.2 Å². The molecule has 122 valence electrons. The zero-order chi connectivity index (χ0) is 16.8. The minimum atomic E-state index is -0.490. The number of ether oxygens (including phenoxy) is 2. The van der Waals surface area contributed by atoms with Crippen molar-refractivity contribution < 1.29 is 23.6 Å². The van der Waals surface area contributed by atoms with Crippen molar-refractivity contribution in [3.8, 4) is 11.5 Å². The Bertz CT molecular complexity index is 711. The molecule has 0 saturated heterocycles. The summed E-state index contributed by atoms with van der Waals surface area (Å²) < 4.78 is 15.1. The highest BCUT2D eigenvalue weighted by Gasteiger charge is 2.13. The molecule has 0 aliphatic rings. The van der Waals surface area contributed by atoms with E-state index >= 15 is 0 Å². The van der Waals surface area contributed by atoms with Gasteiger partial charge in [0, 0.05) is 17.8 Å². The van der Waals surface area contributed by atoms with Crippen molar-refractivity contribution in [2.75, 3.05) is 24.9 Å². The van der Waals surface area contributed by atoms with Crippen LogP contribution in [0.3, 0.4) is 0 Å². The topological polar surface area (TPSA) is 103 Å². The number of amides is 2. The Kier molecular flexibility index (Phi) is 5.19. The first-order chi connectivity index (χ1) is 11.0. The second-order valence-corrected chi connectivity index (χ2v) is 4.67. The first kappa shape index (κ1) is 16.3. The van der Waals surface area contributed by atoms with Crippen LogP contribution < -0.4 is 20.1 Å². The van der Waals surface area contributed by atoms with E-state index in [2.05, 4.69) is 15.8 Å². The number of nitrogens with one attached hydrogen (secondary N) is 2. The van der Waals surface area contributed by atoms with Gasteiger partial charge < -0.3 is 24.6 Å². The molecule has 0 spiro atoms. The summed E-state index contributed by atoms with van der Waals surface area (Å²) in [6, 6.07) is 6.48. The average Bonchev–Trinajstić information content (AvgIpc) is 2.91. The van der Waals surface area contributed by atoms with Gasteiger partial charge in [0.25, 0.3) is 0 Å². The fraction of sp³-hybridized carbons (Fsp3) is 0.267. The lowest BCUT2D eigenvalue weighted by Crippen LogP contribution is -2.21. The fourth-order valence-electron chi connectivity index (χ4n) is 1.88. The minimum absolute atomic E-state index is 0.270. The minimum Gasteiger partial charge on any atom is -0.493 e. The van der Waals surface area contributed by atoms with E-state index in [0.29, 0.717) is 22.9 Å². The fourth-order valence-corrected chi connectivity index (χ4v) is 1.88. The molecule has 2 N–H and O–H groups in total. The van der Waals surface area contributed by atoms with Gasteiger partial charge in [-0.1, -0.05) is 5.16 Å². The van der Waals surface area contributed by atoms with Gasteiger partial charge >= 0.3 is 0 Å². The molecule has 1 aromatic carbocycles. The predicted molar refractivity (Wildman–Crippen MR) is 82.7 cm³/mol. The summed E-state index contributed by atoms with van der Waals surface area (Å²) in [6.07, 6.45) is -0.347. The molecule has 0 unspecified atom stereocenters. The van der Waals surface area contributed by atoms with E-state index in [1.54, 1.807) is 31.2 Å². The van der Waals surface area contributed by atoms with Crippen LogP contribution in [-0.2, 0) is 9.59 Å². The highest BCUT2D eigenvalue weighted by Crippen LogP contribution is 2.29. The van der Waals surface area contributed by atoms with Gasteiger partial charge in [-0.15, -0.1) is 0 Å². The lowest BCUT2D eigenvalue weighted by Gasteiger charge is -2.10. The maximum atomic E-state index is 11.9. The third-order valence-corrected chi connectivity index (χ3v) is 2.88. The van der Waals surface area contributed by atoms with E-state index < -0.39 is 11.8 Å². The Morgan fingerprint density at radius 1 is 1.09 bits per heavy atom. The Hall–Kier alpha value is -3.03. The first-order valence-corrected chi connectivity index (χ1v) is 6.77. The Morgan fingerprint density at radius 3 is 2.39 bits per heavy atom. The largest absolute Gasteiger partial charge is 0.493 e. The smallest absolute Gasteiger partial charge is 0.235 e. The van der Waals surface area contributed by atoms with Crippen molar-refractivity contribution in [2.24, 2.45) is 0 Å². The van der Waals surface area contributed by atoms with Gasteiger partial charge in [-0.25, -0.2) is 0 Å². The predicted octanol–water partition coefficient (Wildman–Crippen LogP) is 1.97. The van der Waals surface area contributed by atoms with Gasteiger partial charge in [-0.3, -0.25) is 9.59 Å². The van der Waals surface area contributed by atoms with Gasteiger partial charge in [-0.2, -0.15) is 0 Å². The summed E-state index contributed by atoms with van der Waals surface area (Å²) >= 11 is 0. The van der Waals surface area contributed by atoms with Crippen molar-refractivity contribution in [2.45, 2.75) is 13.3 Å². The summed E-state index contributed by atoms with van der Waals surface area (Å²) in [5, 5.41) is 8.70. The summed E-state index contributed by atoms with van der Waals surface area (Å²) in [5.41, 5.74) is 0.498. The van der Waals surface area contributed by atoms with Crippen molar-refractivity contribution in [3.63, 3.8) is 0 Å². The molecule has 1 aromatic heterocycles. The average molecular weight is 319 g/mol. The normalized spacial score (nSPS) is 10.0. The first-order valence-electron chi connectivity index (χ1n) is 6.77. The van der Waals surface area contributed by atoms with Crippen molar-refractivity contribution in [3.05, 3.63) is 30.0 Å². The number of aromatic nitrogens is 1. The molecular weight excluding hydrogens is 302 g/mol. The van der Waals surface area contributed by atoms with E-state index in [1.165, 1.54) is 14.2 Å². The van der Waals surface area contributed by atoms with Gasteiger partial charge in [0.2, 0.25) is 11.8 Å². The number of hydrogen-bond acceptors (Lipinski definition) is 6. The maximum absolute atomic E-state index is 11.9. The molecule has 2 amide bonds. The zero-order valence-corrected chi connectivity index (χ0v) is 13.0. The van der Waals surface area contributed by atoms with E-state index in [-0.39, 0.29) is 12.2 Å². The molecule has 0 fully saturated rings. The van der Waals surface area contributed by atoms with E-state index in [0.717, 1.165) is 0 Å². The summed E-state index contributed by atoms with van der Waals surface area (Å²) in [6.45, 7) is 1.70. The van der Waals surface area contributed by atoms with E-state index in [4.69, 9.17) is 14.0 Å². The van der Waals surface area contributed by atoms with Crippen LogP contribution in [-0.4, -0.2) is 31.2 Å². The third kappa shape index (κ3) is 4.47. The van der Waals surface area contributed by atoms with Crippen LogP contribution in [0.2, 0.25) is 0 Å². The van der Waals surface area contributed by atoms with Crippen LogP contribution >= 0.6 is 0 Å². The Morgan fingerprint density at radius 2 is 1.78 bits per heavy atom. The highest BCUT2D eigenvalue weighted by atomic mass is 16.5. The Labute approximate surface area is 132 Å². The number of methoxy groups -OCH3 is 2. The molecule has 2 rings (SSSR count). The molecule has 0 bridgehead atoms. The van der Waals surface area contributed by atoms with Gasteiger partial charge in [0.05, 0.1) is 14.2 Å². The third-order valence-electron chi connectivity index (χ3n) is 2.88. The zero-order valence-electron chi connectivity index (χ0n) is 13.0. The number of anilines is 2. The van der Waals surface area contributed by atoms with Crippen LogP contribution in [0.1, 0.15) is 12.2 Å². The van der Waals surface area contributed by atoms with Crippen molar-refractivity contribution >= 4 is 23.3 Å². The second kappa shape index (κ2) is 7.30. The molecule has 8 heteroatoms. The molecule has 0 atom stereocenters. The summed E-state index contributed by atoms with van der Waals surface area (Å²) in [4.78, 5) is 23.6. The number of carbonyl (C=O) groups is 2. The second-order valence-electron chi connectivity index (χ2n) is 4.67. The van der Waals surface area contributed by atoms with Crippen molar-refractivity contribution in [1.82, 2.24) is 5.16 Å². The molecule has 23 heavy (non-hydrogen) atoms. The molecule has 0 radical (unpaired) electrons. The van der Waals surface area contributed by atoms with Crippen LogP contribution in [0.15, 0.2) is 28.8 Å². The molecule has 0 aliphatic carbocycles. The molecular formula is C15H17N3O5. The number of hydrogen-bond donors (Lipinski definition) is 2. The highest BCUT2D eigenvalue weighted by molar-refractivity contribution is 6.07. The lowest BCUT2D eigenvalue weighted by atomic mass is 10.2. The molecule has 2 aromatic rings. The summed E-state index contributed by atoms with van der Waals surface area (Å²) in [7, 11) is 3.02. The van der Waals surface area contributed by atoms with E-state index in [1.807, 2.05) is 0 Å². The van der Waals surface area contributed by atoms with Gasteiger partial charge in [-0.05, 0) is 19.1 Å². The Balaban J connectivity index is 1.92. The quantitative estimate of drug-likeness (QED) is 0.789. The monoisotopic (exact) mass is 319 g/mol. The standard InChI is InChI=1S/C15H17N3O5/c1-9-6-13(18-23-9)17-15(20)8-14(19)16-10-4-5-11(21-2)12(7-10)22-3/h4-7H,8H2,1-3H3,(H,16,19)(H,17,18,20). The van der Waals surface area contributed by atoms with Crippen LogP contribution in [0.5, 0.6) is 11.5 Å². The SMILES string of the molecule is COc1ccc(NC(=O)CC(=O)Nc2cc(C)on2)cc1OC. The number of benzene rings is 1. The number of carbonyl (C=O) groups excluding carboxylic acids is 2. The maximum Gasteiger partial charge on any atom is 0.235 e. The number of nitrogens with zero attached hydrogens (tertiary/aromatic N) is 1. The van der Waals surface area contributed by atoms with Crippen molar-refractivity contribution in [1.29, 1.82) is 0 Å². The number of aryl methyl sites for hydroxylation is 1. The van der Waals surface area contributed by atoms with Crippen LogP contribution in [0.25, 0.3) is 0 Å². The molecule has 8 nitrogen and oxygen atoms in total. The van der Waals surface area contributed by atoms with E-state index in [9.17, 15) is 9.59 Å². The van der Waals surface area contributed by atoms with Crippen LogP contribution in [0, 0.1) is 6.92 Å². The molecule has 0 aliphatic heterocycles. The molecule has 1 heterocycles. The number of rotatable bonds is 6. The summed E-state index contributed by atoms with van der Waals surface area (Å²) in [5.74, 6) is 0.908. The van der Waals surface area contributed by atoms with Crippen LogP contribution in [0.4, 0.5) is 11.5 Å². The lowest BCUT2D eigenvalue weighted by molar-refractivity contribution is -0.123.